The molecule has 2 heterocycles. The Balaban J connectivity index is 2.06. The predicted molar refractivity (Wildman–Crippen MR) is 67.1 cm³/mol. The van der Waals surface area contributed by atoms with E-state index in [0.29, 0.717) is 17.8 Å². The molecule has 18 heavy (non-hydrogen) atoms. The van der Waals surface area contributed by atoms with Gasteiger partial charge in [-0.2, -0.15) is 0 Å². The summed E-state index contributed by atoms with van der Waals surface area (Å²) < 4.78 is 0. The molecule has 1 aliphatic rings. The normalized spacial score (nSPS) is 15.0. The monoisotopic (exact) mass is 239 g/mol. The number of hydrogen-bond donors (Lipinski definition) is 0. The third-order valence-electron chi connectivity index (χ3n) is 3.13. The maximum atomic E-state index is 11.9. The van der Waals surface area contributed by atoms with Crippen LogP contribution in [0.4, 0.5) is 0 Å². The standard InChI is InChI=1S/C14H13N3O/c18-13-7-2-1-5-11-10(13)9-16-14(17-11)12-6-3-4-8-15-12/h3-4,6,8-9H,1-2,5,7H2. The molecule has 0 amide bonds. The molecule has 2 aromatic heterocycles. The predicted octanol–water partition coefficient (Wildman–Crippen LogP) is 2.45. The summed E-state index contributed by atoms with van der Waals surface area (Å²) in [5, 5.41) is 0. The molecule has 0 bridgehead atoms. The lowest BCUT2D eigenvalue weighted by Crippen LogP contribution is -2.05. The SMILES string of the molecule is O=C1CCCCc2nc(-c3ccccn3)ncc21. The zero-order valence-electron chi connectivity index (χ0n) is 9.97. The first-order valence-electron chi connectivity index (χ1n) is 6.15. The van der Waals surface area contributed by atoms with Crippen LogP contribution in [0.3, 0.4) is 0 Å². The van der Waals surface area contributed by atoms with Crippen molar-refractivity contribution in [3.8, 4) is 11.5 Å². The first-order valence-corrected chi connectivity index (χ1v) is 6.15. The van der Waals surface area contributed by atoms with Gasteiger partial charge in [0.2, 0.25) is 0 Å². The van der Waals surface area contributed by atoms with Crippen LogP contribution < -0.4 is 0 Å². The van der Waals surface area contributed by atoms with Crippen molar-refractivity contribution in [2.45, 2.75) is 25.7 Å². The molecule has 0 spiro atoms. The largest absolute Gasteiger partial charge is 0.294 e. The van der Waals surface area contributed by atoms with Crippen LogP contribution in [0.5, 0.6) is 0 Å². The van der Waals surface area contributed by atoms with Gasteiger partial charge in [0.25, 0.3) is 0 Å². The maximum Gasteiger partial charge on any atom is 0.178 e. The minimum Gasteiger partial charge on any atom is -0.294 e. The highest BCUT2D eigenvalue weighted by molar-refractivity contribution is 5.97. The van der Waals surface area contributed by atoms with Gasteiger partial charge in [-0.1, -0.05) is 6.07 Å². The van der Waals surface area contributed by atoms with Crippen LogP contribution in [-0.4, -0.2) is 20.7 Å². The number of rotatable bonds is 1. The Morgan fingerprint density at radius 3 is 2.78 bits per heavy atom. The molecule has 0 unspecified atom stereocenters. The summed E-state index contributed by atoms with van der Waals surface area (Å²) in [4.78, 5) is 24.8. The van der Waals surface area contributed by atoms with E-state index in [1.54, 1.807) is 12.4 Å². The van der Waals surface area contributed by atoms with Crippen LogP contribution in [0.15, 0.2) is 30.6 Å². The molecule has 90 valence electrons. The molecule has 0 saturated carbocycles. The van der Waals surface area contributed by atoms with Gasteiger partial charge in [0, 0.05) is 18.8 Å². The lowest BCUT2D eigenvalue weighted by atomic mass is 10.1. The number of Topliss-reactive ketones (excluding diaryl/α,β-unsaturated/α-hetero) is 1. The average Bonchev–Trinajstić information content (AvgIpc) is 2.61. The zero-order valence-corrected chi connectivity index (χ0v) is 9.97. The number of fused-ring (bicyclic) bond motifs is 1. The van der Waals surface area contributed by atoms with Gasteiger partial charge in [-0.05, 0) is 31.4 Å². The summed E-state index contributed by atoms with van der Waals surface area (Å²) >= 11 is 0. The molecule has 2 aromatic rings. The van der Waals surface area contributed by atoms with Crippen LogP contribution in [0, 0.1) is 0 Å². The molecule has 1 aliphatic carbocycles. The number of pyridine rings is 1. The highest BCUT2D eigenvalue weighted by atomic mass is 16.1. The van der Waals surface area contributed by atoms with Crippen molar-refractivity contribution in [3.05, 3.63) is 41.9 Å². The summed E-state index contributed by atoms with van der Waals surface area (Å²) in [6.07, 6.45) is 6.78. The number of nitrogens with zero attached hydrogens (tertiary/aromatic N) is 3. The third-order valence-corrected chi connectivity index (χ3v) is 3.13. The van der Waals surface area contributed by atoms with Crippen molar-refractivity contribution in [3.63, 3.8) is 0 Å². The summed E-state index contributed by atoms with van der Waals surface area (Å²) in [6.45, 7) is 0. The Morgan fingerprint density at radius 2 is 1.94 bits per heavy atom. The van der Waals surface area contributed by atoms with Crippen LogP contribution in [0.2, 0.25) is 0 Å². The fourth-order valence-corrected chi connectivity index (χ4v) is 2.17. The summed E-state index contributed by atoms with van der Waals surface area (Å²) in [6, 6.07) is 5.64. The number of carbonyl (C=O) groups is 1. The number of hydrogen-bond acceptors (Lipinski definition) is 4. The lowest BCUT2D eigenvalue weighted by molar-refractivity contribution is 0.0981. The molecule has 0 saturated heterocycles. The van der Waals surface area contributed by atoms with Crippen LogP contribution >= 0.6 is 0 Å². The Kier molecular flexibility index (Phi) is 2.84. The van der Waals surface area contributed by atoms with E-state index >= 15 is 0 Å². The highest BCUT2D eigenvalue weighted by Gasteiger charge is 2.18. The van der Waals surface area contributed by atoms with Crippen LogP contribution in [-0.2, 0) is 6.42 Å². The van der Waals surface area contributed by atoms with E-state index < -0.39 is 0 Å². The topological polar surface area (TPSA) is 55.7 Å². The lowest BCUT2D eigenvalue weighted by Gasteiger charge is -2.05. The fraction of sp³-hybridized carbons (Fsp3) is 0.286. The zero-order chi connectivity index (χ0) is 12.4. The van der Waals surface area contributed by atoms with Gasteiger partial charge in [-0.25, -0.2) is 9.97 Å². The third kappa shape index (κ3) is 2.01. The van der Waals surface area contributed by atoms with E-state index in [4.69, 9.17) is 0 Å². The molecule has 0 atom stereocenters. The van der Waals surface area contributed by atoms with E-state index in [9.17, 15) is 4.79 Å². The van der Waals surface area contributed by atoms with Crippen LogP contribution in [0.25, 0.3) is 11.5 Å². The van der Waals surface area contributed by atoms with Crippen molar-refractivity contribution in [2.24, 2.45) is 0 Å². The van der Waals surface area contributed by atoms with E-state index in [2.05, 4.69) is 15.0 Å². The van der Waals surface area contributed by atoms with Crippen molar-refractivity contribution in [2.75, 3.05) is 0 Å². The van der Waals surface area contributed by atoms with Gasteiger partial charge in [-0.3, -0.25) is 9.78 Å². The summed E-state index contributed by atoms with van der Waals surface area (Å²) in [7, 11) is 0. The molecule has 4 heteroatoms. The smallest absolute Gasteiger partial charge is 0.178 e. The Bertz CT molecular complexity index is 581. The molecule has 0 N–H and O–H groups in total. The molecule has 0 aliphatic heterocycles. The van der Waals surface area contributed by atoms with E-state index in [-0.39, 0.29) is 5.78 Å². The second-order valence-electron chi connectivity index (χ2n) is 4.40. The molecule has 0 fully saturated rings. The molecule has 0 radical (unpaired) electrons. The van der Waals surface area contributed by atoms with Gasteiger partial charge in [0.1, 0.15) is 5.69 Å². The Morgan fingerprint density at radius 1 is 1.06 bits per heavy atom. The van der Waals surface area contributed by atoms with Gasteiger partial charge in [0.05, 0.1) is 11.3 Å². The number of aromatic nitrogens is 3. The molecular formula is C14H13N3O. The average molecular weight is 239 g/mol. The van der Waals surface area contributed by atoms with Gasteiger partial charge < -0.3 is 0 Å². The highest BCUT2D eigenvalue weighted by Crippen LogP contribution is 2.20. The van der Waals surface area contributed by atoms with Crippen LogP contribution in [0.1, 0.15) is 35.3 Å². The Labute approximate surface area is 105 Å². The van der Waals surface area contributed by atoms with Gasteiger partial charge in [0.15, 0.2) is 11.6 Å². The van der Waals surface area contributed by atoms with Gasteiger partial charge >= 0.3 is 0 Å². The fourth-order valence-electron chi connectivity index (χ4n) is 2.17. The summed E-state index contributed by atoms with van der Waals surface area (Å²) in [5.74, 6) is 0.763. The van der Waals surface area contributed by atoms with E-state index in [1.165, 1.54) is 0 Å². The van der Waals surface area contributed by atoms with Gasteiger partial charge in [-0.15, -0.1) is 0 Å². The number of carbonyl (C=O) groups excluding carboxylic acids is 1. The first kappa shape index (κ1) is 11.0. The minimum absolute atomic E-state index is 0.162. The Hall–Kier alpha value is -2.10. The minimum atomic E-state index is 0.162. The second kappa shape index (κ2) is 4.64. The van der Waals surface area contributed by atoms with E-state index in [1.807, 2.05) is 18.2 Å². The maximum absolute atomic E-state index is 11.9. The van der Waals surface area contributed by atoms with Crippen molar-refractivity contribution < 1.29 is 4.79 Å². The molecule has 4 nitrogen and oxygen atoms in total. The van der Waals surface area contributed by atoms with Crippen molar-refractivity contribution in [1.82, 2.24) is 15.0 Å². The second-order valence-corrected chi connectivity index (χ2v) is 4.40. The first-order chi connectivity index (χ1) is 8.84. The van der Waals surface area contributed by atoms with Crippen molar-refractivity contribution >= 4 is 5.78 Å². The number of aryl methyl sites for hydroxylation is 1. The quantitative estimate of drug-likeness (QED) is 0.717. The molecular weight excluding hydrogens is 226 g/mol. The molecule has 0 aromatic carbocycles. The van der Waals surface area contributed by atoms with E-state index in [0.717, 1.165) is 30.7 Å². The number of ketones is 1. The molecule has 3 rings (SSSR count). The van der Waals surface area contributed by atoms with Crippen molar-refractivity contribution in [1.29, 1.82) is 0 Å². The summed E-state index contributed by atoms with van der Waals surface area (Å²) in [5.41, 5.74) is 2.30.